The van der Waals surface area contributed by atoms with Gasteiger partial charge in [-0.25, -0.2) is 9.13 Å². The zero-order valence-corrected chi connectivity index (χ0v) is 66.9. The van der Waals surface area contributed by atoms with Crippen molar-refractivity contribution in [1.82, 2.24) is 0 Å². The third-order valence-electron chi connectivity index (χ3n) is 19.3. The molecule has 0 aliphatic carbocycles. The quantitative estimate of drug-likeness (QED) is 0.0222. The summed E-state index contributed by atoms with van der Waals surface area (Å²) < 4.78 is 68.6. The molecule has 0 aliphatic rings. The van der Waals surface area contributed by atoms with Crippen molar-refractivity contribution in [3.05, 3.63) is 0 Å². The molecule has 0 bridgehead atoms. The van der Waals surface area contributed by atoms with Gasteiger partial charge in [-0.1, -0.05) is 357 Å². The third-order valence-corrected chi connectivity index (χ3v) is 21.2. The number of phosphoric ester groups is 2. The van der Waals surface area contributed by atoms with Gasteiger partial charge in [0.05, 0.1) is 26.4 Å². The molecule has 0 fully saturated rings. The fraction of sp³-hybridized carbons (Fsp3) is 0.950. The Labute approximate surface area is 607 Å². The number of phosphoric acid groups is 2. The number of hydrogen-bond donors (Lipinski definition) is 3. The van der Waals surface area contributed by atoms with Gasteiger partial charge in [-0.15, -0.1) is 0 Å². The minimum atomic E-state index is -4.96. The van der Waals surface area contributed by atoms with Gasteiger partial charge in [0.15, 0.2) is 12.2 Å². The molecule has 7 atom stereocenters. The molecule has 0 rings (SSSR count). The van der Waals surface area contributed by atoms with Crippen LogP contribution >= 0.6 is 15.6 Å². The van der Waals surface area contributed by atoms with E-state index in [4.69, 9.17) is 37.0 Å². The molecular weight excluding hydrogens is 1290 g/mol. The maximum absolute atomic E-state index is 13.1. The lowest BCUT2D eigenvalue weighted by Crippen LogP contribution is -2.30. The van der Waals surface area contributed by atoms with Crippen LogP contribution in [0, 0.1) is 23.7 Å². The molecule has 3 N–H and O–H groups in total. The molecule has 0 radical (unpaired) electrons. The first-order valence-corrected chi connectivity index (χ1v) is 44.3. The average Bonchev–Trinajstić information content (AvgIpc) is 0.986. The normalized spacial score (nSPS) is 14.6. The first-order chi connectivity index (χ1) is 47.7. The number of carbonyl (C=O) groups excluding carboxylic acids is 4. The highest BCUT2D eigenvalue weighted by Gasteiger charge is 2.30. The molecule has 17 nitrogen and oxygen atoms in total. The second-order valence-electron chi connectivity index (χ2n) is 30.2. The van der Waals surface area contributed by atoms with Crippen molar-refractivity contribution in [3.8, 4) is 0 Å². The van der Waals surface area contributed by atoms with Crippen molar-refractivity contribution in [2.24, 2.45) is 23.7 Å². The summed E-state index contributed by atoms with van der Waals surface area (Å²) in [5.41, 5.74) is 0. The van der Waals surface area contributed by atoms with E-state index < -0.39 is 97.5 Å². The Balaban J connectivity index is 5.17. The van der Waals surface area contributed by atoms with E-state index in [-0.39, 0.29) is 25.7 Å². The Morgan fingerprint density at radius 1 is 0.283 bits per heavy atom. The van der Waals surface area contributed by atoms with Crippen LogP contribution in [0.25, 0.3) is 0 Å². The summed E-state index contributed by atoms with van der Waals surface area (Å²) in [6.45, 7) is 14.2. The molecule has 4 unspecified atom stereocenters. The van der Waals surface area contributed by atoms with Crippen molar-refractivity contribution in [2.75, 3.05) is 39.6 Å². The molecule has 0 spiro atoms. The van der Waals surface area contributed by atoms with Crippen molar-refractivity contribution >= 4 is 39.5 Å². The van der Waals surface area contributed by atoms with E-state index in [2.05, 4.69) is 55.4 Å². The molecule has 19 heteroatoms. The third kappa shape index (κ3) is 71.5. The summed E-state index contributed by atoms with van der Waals surface area (Å²) >= 11 is 0. The summed E-state index contributed by atoms with van der Waals surface area (Å²) in [6.07, 6.45) is 55.7. The first kappa shape index (κ1) is 97.1. The van der Waals surface area contributed by atoms with E-state index in [9.17, 15) is 43.2 Å². The van der Waals surface area contributed by atoms with Crippen LogP contribution in [0.2, 0.25) is 0 Å². The zero-order chi connectivity index (χ0) is 73.1. The molecule has 0 aromatic rings. The zero-order valence-electron chi connectivity index (χ0n) is 65.1. The lowest BCUT2D eigenvalue weighted by Gasteiger charge is -2.21. The molecule has 0 aromatic carbocycles. The molecule has 588 valence electrons. The molecule has 99 heavy (non-hydrogen) atoms. The summed E-state index contributed by atoms with van der Waals surface area (Å²) in [5.74, 6) is 0.996. The number of rotatable bonds is 77. The van der Waals surface area contributed by atoms with Crippen LogP contribution in [-0.2, 0) is 65.4 Å². The summed E-state index contributed by atoms with van der Waals surface area (Å²) in [4.78, 5) is 72.9. The maximum atomic E-state index is 13.1. The van der Waals surface area contributed by atoms with Gasteiger partial charge in [-0.2, -0.15) is 0 Å². The summed E-state index contributed by atoms with van der Waals surface area (Å²) in [6, 6.07) is 0. The van der Waals surface area contributed by atoms with E-state index in [0.29, 0.717) is 31.6 Å². The Hall–Kier alpha value is -1.94. The minimum Gasteiger partial charge on any atom is -0.462 e. The highest BCUT2D eigenvalue weighted by molar-refractivity contribution is 7.47. The average molecular weight is 1450 g/mol. The van der Waals surface area contributed by atoms with Crippen LogP contribution in [-0.4, -0.2) is 96.7 Å². The van der Waals surface area contributed by atoms with Gasteiger partial charge in [0.25, 0.3) is 0 Å². The minimum absolute atomic E-state index is 0.106. The van der Waals surface area contributed by atoms with Gasteiger partial charge < -0.3 is 33.8 Å². The van der Waals surface area contributed by atoms with Crippen LogP contribution in [0.15, 0.2) is 0 Å². The van der Waals surface area contributed by atoms with Gasteiger partial charge in [0, 0.05) is 25.7 Å². The molecule has 0 heterocycles. The standard InChI is InChI=1S/C80H156O17P2/c1-9-72(7)58-50-42-33-27-23-19-15-13-11-12-14-16-20-24-28-36-46-54-62-80(85)97-76(67-91-78(83)61-53-45-39-38-41-49-57-71(5)6)69-95-99(88,89)93-65-74(81)64-92-98(86,87)94-68-75(66-90-77(82)60-52-44-35-31-30-34-43-51-59-73(8)10-2)96-79(84)63-55-47-37-29-25-21-17-18-22-26-32-40-48-56-70(3)4/h70-76,81H,9-69H2,1-8H3,(H,86,87)(H,88,89)/t72?,73?,74-,75-,76-/m1/s1. The van der Waals surface area contributed by atoms with Crippen molar-refractivity contribution in [2.45, 2.75) is 427 Å². The van der Waals surface area contributed by atoms with Gasteiger partial charge >= 0.3 is 39.5 Å². The van der Waals surface area contributed by atoms with Gasteiger partial charge in [-0.05, 0) is 49.4 Å². The smallest absolute Gasteiger partial charge is 0.462 e. The van der Waals surface area contributed by atoms with Crippen molar-refractivity contribution in [3.63, 3.8) is 0 Å². The van der Waals surface area contributed by atoms with E-state index in [1.54, 1.807) is 0 Å². The van der Waals surface area contributed by atoms with Crippen LogP contribution in [0.5, 0.6) is 0 Å². The number of aliphatic hydroxyl groups excluding tert-OH is 1. The summed E-state index contributed by atoms with van der Waals surface area (Å²) in [7, 11) is -9.92. The Bertz CT molecular complexity index is 1940. The predicted molar refractivity (Wildman–Crippen MR) is 404 cm³/mol. The lowest BCUT2D eigenvalue weighted by atomic mass is 9.99. The lowest BCUT2D eigenvalue weighted by molar-refractivity contribution is -0.161. The van der Waals surface area contributed by atoms with Crippen LogP contribution in [0.4, 0.5) is 0 Å². The Kier molecular flexibility index (Phi) is 67.8. The maximum Gasteiger partial charge on any atom is 0.472 e. The number of esters is 4. The number of carbonyl (C=O) groups is 4. The van der Waals surface area contributed by atoms with E-state index in [1.165, 1.54) is 205 Å². The van der Waals surface area contributed by atoms with Gasteiger partial charge in [0.2, 0.25) is 0 Å². The Morgan fingerprint density at radius 2 is 0.485 bits per heavy atom. The number of aliphatic hydroxyl groups is 1. The first-order valence-electron chi connectivity index (χ1n) is 41.3. The van der Waals surface area contributed by atoms with Crippen molar-refractivity contribution < 1.29 is 80.2 Å². The van der Waals surface area contributed by atoms with E-state index in [0.717, 1.165) is 114 Å². The second-order valence-corrected chi connectivity index (χ2v) is 33.1. The fourth-order valence-corrected chi connectivity index (χ4v) is 13.8. The van der Waals surface area contributed by atoms with Crippen LogP contribution in [0.3, 0.4) is 0 Å². The SMILES string of the molecule is CCC(C)CCCCCCCCCCCCCCCCCCCCC(=O)O[C@H](COC(=O)CCCCCCCCC(C)C)COP(=O)(O)OC[C@H](O)COP(=O)(O)OC[C@@H](COC(=O)CCCCCCCCCCC(C)CC)OC(=O)CCCCCCCCCCCCCCCC(C)C. The highest BCUT2D eigenvalue weighted by Crippen LogP contribution is 2.45. The van der Waals surface area contributed by atoms with Crippen molar-refractivity contribution in [1.29, 1.82) is 0 Å². The molecular formula is C80H156O17P2. The van der Waals surface area contributed by atoms with Gasteiger partial charge in [-0.3, -0.25) is 37.3 Å². The fourth-order valence-electron chi connectivity index (χ4n) is 12.2. The second kappa shape index (κ2) is 69.1. The monoisotopic (exact) mass is 1450 g/mol. The number of unbranched alkanes of at least 4 members (excludes halogenated alkanes) is 41. The molecule has 0 amide bonds. The van der Waals surface area contributed by atoms with E-state index in [1.807, 2.05) is 0 Å². The highest BCUT2D eigenvalue weighted by atomic mass is 31.2. The summed E-state index contributed by atoms with van der Waals surface area (Å²) in [5, 5.41) is 10.6. The Morgan fingerprint density at radius 3 is 0.717 bits per heavy atom. The molecule has 0 saturated heterocycles. The number of ether oxygens (including phenoxy) is 4. The van der Waals surface area contributed by atoms with Crippen LogP contribution < -0.4 is 0 Å². The topological polar surface area (TPSA) is 237 Å². The van der Waals surface area contributed by atoms with Gasteiger partial charge in [0.1, 0.15) is 19.3 Å². The van der Waals surface area contributed by atoms with E-state index >= 15 is 0 Å². The van der Waals surface area contributed by atoms with Crippen LogP contribution in [0.1, 0.15) is 409 Å². The largest absolute Gasteiger partial charge is 0.472 e. The molecule has 0 aliphatic heterocycles. The number of hydrogen-bond acceptors (Lipinski definition) is 15. The molecule has 0 aromatic heterocycles. The molecule has 0 saturated carbocycles. The predicted octanol–water partition coefficient (Wildman–Crippen LogP) is 23.6.